The fourth-order valence-electron chi connectivity index (χ4n) is 1.86. The molecule has 1 aliphatic heterocycles. The first-order chi connectivity index (χ1) is 3.79. The number of ether oxygens (including phenoxy) is 1. The second-order valence-electron chi connectivity index (χ2n) is 3.49. The van der Waals surface area contributed by atoms with E-state index in [9.17, 15) is 0 Å². The second kappa shape index (κ2) is 1.27. The highest BCUT2D eigenvalue weighted by Crippen LogP contribution is 2.45. The van der Waals surface area contributed by atoms with Crippen molar-refractivity contribution in [2.75, 3.05) is 6.61 Å². The molecule has 0 aromatic carbocycles. The maximum absolute atomic E-state index is 5.45. The molecule has 1 saturated carbocycles. The summed E-state index contributed by atoms with van der Waals surface area (Å²) in [6.45, 7) is 3.36. The SMILES string of the molecule is C[C@@]12CCC(C1)OC2. The van der Waals surface area contributed by atoms with Crippen LogP contribution in [0.5, 0.6) is 0 Å². The molecule has 2 atom stereocenters. The van der Waals surface area contributed by atoms with Gasteiger partial charge in [-0.25, -0.2) is 0 Å². The van der Waals surface area contributed by atoms with Crippen LogP contribution in [0, 0.1) is 5.41 Å². The molecule has 0 amide bonds. The second-order valence-corrected chi connectivity index (χ2v) is 3.49. The van der Waals surface area contributed by atoms with Crippen molar-refractivity contribution in [3.63, 3.8) is 0 Å². The van der Waals surface area contributed by atoms with Crippen molar-refractivity contribution in [2.45, 2.75) is 32.3 Å². The molecule has 2 aliphatic rings. The average Bonchev–Trinajstić information content (AvgIpc) is 2.21. The van der Waals surface area contributed by atoms with E-state index < -0.39 is 0 Å². The van der Waals surface area contributed by atoms with Crippen LogP contribution in [0.4, 0.5) is 0 Å². The van der Waals surface area contributed by atoms with Gasteiger partial charge in [0, 0.05) is 0 Å². The van der Waals surface area contributed by atoms with Gasteiger partial charge in [-0.3, -0.25) is 0 Å². The lowest BCUT2D eigenvalue weighted by Crippen LogP contribution is -2.15. The van der Waals surface area contributed by atoms with Gasteiger partial charge in [-0.05, 0) is 24.7 Å². The first kappa shape index (κ1) is 4.80. The van der Waals surface area contributed by atoms with Crippen LogP contribution in [-0.4, -0.2) is 12.7 Å². The van der Waals surface area contributed by atoms with Crippen molar-refractivity contribution in [1.82, 2.24) is 0 Å². The molecule has 2 bridgehead atoms. The molecule has 0 aromatic rings. The summed E-state index contributed by atoms with van der Waals surface area (Å²) in [6, 6.07) is 0. The molecule has 1 unspecified atom stereocenters. The zero-order valence-electron chi connectivity index (χ0n) is 5.31. The van der Waals surface area contributed by atoms with E-state index in [0.717, 1.165) is 6.61 Å². The number of rotatable bonds is 0. The predicted octanol–water partition coefficient (Wildman–Crippen LogP) is 1.58. The highest BCUT2D eigenvalue weighted by atomic mass is 16.5. The van der Waals surface area contributed by atoms with Gasteiger partial charge in [0.1, 0.15) is 0 Å². The summed E-state index contributed by atoms with van der Waals surface area (Å²) in [5, 5.41) is 0. The molecule has 46 valence electrons. The van der Waals surface area contributed by atoms with Crippen LogP contribution >= 0.6 is 0 Å². The number of hydrogen-bond acceptors (Lipinski definition) is 1. The van der Waals surface area contributed by atoms with E-state index in [1.54, 1.807) is 0 Å². The smallest absolute Gasteiger partial charge is 0.0581 e. The van der Waals surface area contributed by atoms with Crippen LogP contribution in [0.15, 0.2) is 0 Å². The summed E-state index contributed by atoms with van der Waals surface area (Å²) in [6.07, 6.45) is 4.68. The van der Waals surface area contributed by atoms with Gasteiger partial charge >= 0.3 is 0 Å². The molecule has 1 nitrogen and oxygen atoms in total. The molecule has 8 heavy (non-hydrogen) atoms. The topological polar surface area (TPSA) is 9.23 Å². The highest BCUT2D eigenvalue weighted by molar-refractivity contribution is 4.91. The van der Waals surface area contributed by atoms with Gasteiger partial charge in [-0.15, -0.1) is 0 Å². The summed E-state index contributed by atoms with van der Waals surface area (Å²) in [5.74, 6) is 0. The van der Waals surface area contributed by atoms with Crippen molar-refractivity contribution in [3.8, 4) is 0 Å². The monoisotopic (exact) mass is 112 g/mol. The van der Waals surface area contributed by atoms with E-state index in [1.165, 1.54) is 19.3 Å². The van der Waals surface area contributed by atoms with Crippen LogP contribution in [0.2, 0.25) is 0 Å². The van der Waals surface area contributed by atoms with Crippen LogP contribution in [0.25, 0.3) is 0 Å². The molecule has 0 aromatic heterocycles. The summed E-state index contributed by atoms with van der Waals surface area (Å²) >= 11 is 0. The minimum atomic E-state index is 0.588. The van der Waals surface area contributed by atoms with Crippen LogP contribution < -0.4 is 0 Å². The zero-order chi connectivity index (χ0) is 5.61. The van der Waals surface area contributed by atoms with Crippen molar-refractivity contribution in [3.05, 3.63) is 0 Å². The summed E-state index contributed by atoms with van der Waals surface area (Å²) in [7, 11) is 0. The Morgan fingerprint density at radius 3 is 2.62 bits per heavy atom. The molecule has 1 heteroatoms. The molecule has 1 aliphatic carbocycles. The molecule has 0 N–H and O–H groups in total. The first-order valence-electron chi connectivity index (χ1n) is 3.40. The van der Waals surface area contributed by atoms with Gasteiger partial charge < -0.3 is 4.74 Å². The molecular weight excluding hydrogens is 100 g/mol. The Balaban J connectivity index is 2.19. The van der Waals surface area contributed by atoms with Gasteiger partial charge in [0.15, 0.2) is 0 Å². The van der Waals surface area contributed by atoms with Gasteiger partial charge in [0.25, 0.3) is 0 Å². The van der Waals surface area contributed by atoms with E-state index in [2.05, 4.69) is 6.92 Å². The first-order valence-corrected chi connectivity index (χ1v) is 3.40. The number of fused-ring (bicyclic) bond motifs is 2. The van der Waals surface area contributed by atoms with Crippen LogP contribution in [-0.2, 0) is 4.74 Å². The minimum Gasteiger partial charge on any atom is -0.378 e. The van der Waals surface area contributed by atoms with E-state index in [1.807, 2.05) is 0 Å². The molecule has 1 heterocycles. The Morgan fingerprint density at radius 1 is 1.62 bits per heavy atom. The Labute approximate surface area is 50.0 Å². The van der Waals surface area contributed by atoms with Gasteiger partial charge in [0.2, 0.25) is 0 Å². The third-order valence-corrected chi connectivity index (χ3v) is 2.46. The van der Waals surface area contributed by atoms with Gasteiger partial charge in [-0.1, -0.05) is 6.92 Å². The predicted molar refractivity (Wildman–Crippen MR) is 31.7 cm³/mol. The van der Waals surface area contributed by atoms with Crippen molar-refractivity contribution < 1.29 is 4.74 Å². The Hall–Kier alpha value is -0.0400. The van der Waals surface area contributed by atoms with E-state index >= 15 is 0 Å². The Morgan fingerprint density at radius 2 is 2.50 bits per heavy atom. The summed E-state index contributed by atoms with van der Waals surface area (Å²) < 4.78 is 5.45. The Bertz CT molecular complexity index is 101. The maximum Gasteiger partial charge on any atom is 0.0581 e. The fraction of sp³-hybridized carbons (Fsp3) is 1.00. The third-order valence-electron chi connectivity index (χ3n) is 2.46. The zero-order valence-corrected chi connectivity index (χ0v) is 5.31. The fourth-order valence-corrected chi connectivity index (χ4v) is 1.86. The molecule has 2 rings (SSSR count). The normalized spacial score (nSPS) is 52.9. The van der Waals surface area contributed by atoms with E-state index in [4.69, 9.17) is 4.74 Å². The average molecular weight is 112 g/mol. The molecule has 0 radical (unpaired) electrons. The number of hydrogen-bond donors (Lipinski definition) is 0. The van der Waals surface area contributed by atoms with Crippen molar-refractivity contribution in [2.24, 2.45) is 5.41 Å². The standard InChI is InChI=1S/C7H12O/c1-7-3-2-6(4-7)8-5-7/h6H,2-5H2,1H3/t6?,7-/m1/s1. The molecule has 0 spiro atoms. The lowest BCUT2D eigenvalue weighted by molar-refractivity contribution is 0.0566. The molecule has 2 fully saturated rings. The summed E-state index contributed by atoms with van der Waals surface area (Å²) in [4.78, 5) is 0. The third kappa shape index (κ3) is 0.510. The van der Waals surface area contributed by atoms with Crippen molar-refractivity contribution >= 4 is 0 Å². The van der Waals surface area contributed by atoms with Crippen LogP contribution in [0.3, 0.4) is 0 Å². The molecular formula is C7H12O. The minimum absolute atomic E-state index is 0.588. The molecule has 1 saturated heterocycles. The Kier molecular flexibility index (Phi) is 0.762. The van der Waals surface area contributed by atoms with Gasteiger partial charge in [-0.2, -0.15) is 0 Å². The highest BCUT2D eigenvalue weighted by Gasteiger charge is 2.41. The summed E-state index contributed by atoms with van der Waals surface area (Å²) in [5.41, 5.74) is 0.588. The lowest BCUT2D eigenvalue weighted by atomic mass is 9.91. The van der Waals surface area contributed by atoms with E-state index in [-0.39, 0.29) is 0 Å². The maximum atomic E-state index is 5.45. The van der Waals surface area contributed by atoms with Crippen molar-refractivity contribution in [1.29, 1.82) is 0 Å². The van der Waals surface area contributed by atoms with Crippen LogP contribution in [0.1, 0.15) is 26.2 Å². The van der Waals surface area contributed by atoms with E-state index in [0.29, 0.717) is 11.5 Å². The quantitative estimate of drug-likeness (QED) is 0.462. The largest absolute Gasteiger partial charge is 0.378 e. The lowest BCUT2D eigenvalue weighted by Gasteiger charge is -2.18. The van der Waals surface area contributed by atoms with Gasteiger partial charge in [0.05, 0.1) is 12.7 Å².